The van der Waals surface area contributed by atoms with Crippen LogP contribution in [0.15, 0.2) is 42.5 Å². The van der Waals surface area contributed by atoms with Gasteiger partial charge >= 0.3 is 0 Å². The average Bonchev–Trinajstić information content (AvgIpc) is 3.13. The fourth-order valence-corrected chi connectivity index (χ4v) is 5.32. The van der Waals surface area contributed by atoms with E-state index in [0.717, 1.165) is 24.2 Å². The van der Waals surface area contributed by atoms with E-state index >= 15 is 0 Å². The summed E-state index contributed by atoms with van der Waals surface area (Å²) in [7, 11) is 1.84. The Morgan fingerprint density at radius 2 is 1.88 bits per heavy atom. The molecule has 2 aromatic rings. The van der Waals surface area contributed by atoms with E-state index < -0.39 is 0 Å². The molecular formula is C27H35FN2O2. The van der Waals surface area contributed by atoms with Crippen LogP contribution in [0.3, 0.4) is 0 Å². The third kappa shape index (κ3) is 4.77. The van der Waals surface area contributed by atoms with E-state index in [1.807, 2.05) is 37.4 Å². The minimum absolute atomic E-state index is 0.0486. The molecule has 1 amide bonds. The first-order chi connectivity index (χ1) is 15.5. The van der Waals surface area contributed by atoms with Gasteiger partial charge in [0.2, 0.25) is 0 Å². The van der Waals surface area contributed by atoms with Crippen LogP contribution in [0.25, 0.3) is 0 Å². The summed E-state index contributed by atoms with van der Waals surface area (Å²) in [6, 6.07) is 12.8. The standard InChI is InChI=1S/C27H35FN2O2/c1-4-16-30(3)27(31)20-10-13-22(14-11-20)29-25(19-8-6-5-7-9-19)26-18(2)23-15-12-21(28)17-24(23)32-26/h10-15,17-19,25-26,29H,4-9,16H2,1-3H3. The predicted molar refractivity (Wildman–Crippen MR) is 127 cm³/mol. The van der Waals surface area contributed by atoms with Gasteiger partial charge in [0.25, 0.3) is 5.91 Å². The molecule has 4 rings (SSSR count). The topological polar surface area (TPSA) is 41.6 Å². The SMILES string of the molecule is CCCN(C)C(=O)c1ccc(NC(C2CCCCC2)C2Oc3cc(F)ccc3C2C)cc1. The van der Waals surface area contributed by atoms with Gasteiger partial charge in [0.15, 0.2) is 0 Å². The maximum Gasteiger partial charge on any atom is 0.253 e. The van der Waals surface area contributed by atoms with Gasteiger partial charge in [-0.15, -0.1) is 0 Å². The number of carbonyl (C=O) groups is 1. The molecule has 1 heterocycles. The number of amides is 1. The molecule has 2 aliphatic rings. The van der Waals surface area contributed by atoms with Gasteiger partial charge in [-0.2, -0.15) is 0 Å². The van der Waals surface area contributed by atoms with Gasteiger partial charge in [-0.25, -0.2) is 4.39 Å². The fourth-order valence-electron chi connectivity index (χ4n) is 5.32. The minimum Gasteiger partial charge on any atom is -0.487 e. The second-order valence-corrected chi connectivity index (χ2v) is 9.43. The molecule has 1 fully saturated rings. The van der Waals surface area contributed by atoms with Gasteiger partial charge in [-0.05, 0) is 55.5 Å². The zero-order chi connectivity index (χ0) is 22.7. The van der Waals surface area contributed by atoms with Crippen LogP contribution in [0.1, 0.15) is 74.2 Å². The molecule has 0 bridgehead atoms. The fraction of sp³-hybridized carbons (Fsp3) is 0.519. The number of nitrogens with one attached hydrogen (secondary N) is 1. The Labute approximate surface area is 191 Å². The minimum atomic E-state index is -0.257. The van der Waals surface area contributed by atoms with Crippen molar-refractivity contribution in [2.75, 3.05) is 18.9 Å². The quantitative estimate of drug-likeness (QED) is 0.557. The van der Waals surface area contributed by atoms with Gasteiger partial charge in [-0.1, -0.05) is 39.2 Å². The van der Waals surface area contributed by atoms with E-state index in [4.69, 9.17) is 4.74 Å². The predicted octanol–water partition coefficient (Wildman–Crippen LogP) is 6.23. The summed E-state index contributed by atoms with van der Waals surface area (Å²) in [5, 5.41) is 3.75. The van der Waals surface area contributed by atoms with Gasteiger partial charge in [0.05, 0.1) is 6.04 Å². The molecule has 1 saturated carbocycles. The number of hydrogen-bond donors (Lipinski definition) is 1. The summed E-state index contributed by atoms with van der Waals surface area (Å²) >= 11 is 0. The summed E-state index contributed by atoms with van der Waals surface area (Å²) < 4.78 is 20.1. The highest BCUT2D eigenvalue weighted by molar-refractivity contribution is 5.94. The zero-order valence-electron chi connectivity index (χ0n) is 19.4. The third-order valence-electron chi connectivity index (χ3n) is 7.10. The van der Waals surface area contributed by atoms with Crippen LogP contribution in [0.2, 0.25) is 0 Å². The summed E-state index contributed by atoms with van der Waals surface area (Å²) in [5.41, 5.74) is 2.78. The Morgan fingerprint density at radius 3 is 2.56 bits per heavy atom. The highest BCUT2D eigenvalue weighted by Crippen LogP contribution is 2.43. The molecule has 32 heavy (non-hydrogen) atoms. The van der Waals surface area contributed by atoms with Crippen LogP contribution in [-0.4, -0.2) is 36.5 Å². The Hall–Kier alpha value is -2.56. The van der Waals surface area contributed by atoms with Gasteiger partial charge in [-0.3, -0.25) is 4.79 Å². The Morgan fingerprint density at radius 1 is 1.16 bits per heavy atom. The highest BCUT2D eigenvalue weighted by Gasteiger charge is 2.41. The molecule has 172 valence electrons. The van der Waals surface area contributed by atoms with Crippen molar-refractivity contribution in [3.8, 4) is 5.75 Å². The van der Waals surface area contributed by atoms with Crippen molar-refractivity contribution in [1.29, 1.82) is 0 Å². The molecule has 3 unspecified atom stereocenters. The number of carbonyl (C=O) groups excluding carboxylic acids is 1. The molecule has 0 saturated heterocycles. The zero-order valence-corrected chi connectivity index (χ0v) is 19.4. The molecule has 5 heteroatoms. The van der Waals surface area contributed by atoms with Crippen LogP contribution in [0, 0.1) is 11.7 Å². The first-order valence-corrected chi connectivity index (χ1v) is 12.1. The molecule has 0 spiro atoms. The number of anilines is 1. The number of halogens is 1. The van der Waals surface area contributed by atoms with E-state index in [9.17, 15) is 9.18 Å². The van der Waals surface area contributed by atoms with Gasteiger partial charge in [0, 0.05) is 42.4 Å². The number of rotatable bonds is 7. The number of nitrogens with zero attached hydrogens (tertiary/aromatic N) is 1. The van der Waals surface area contributed by atoms with Crippen molar-refractivity contribution < 1.29 is 13.9 Å². The molecule has 3 atom stereocenters. The maximum absolute atomic E-state index is 13.8. The van der Waals surface area contributed by atoms with Crippen LogP contribution in [0.4, 0.5) is 10.1 Å². The Bertz CT molecular complexity index is 924. The van der Waals surface area contributed by atoms with Crippen molar-refractivity contribution in [1.82, 2.24) is 4.90 Å². The monoisotopic (exact) mass is 438 g/mol. The lowest BCUT2D eigenvalue weighted by molar-refractivity contribution is 0.0795. The van der Waals surface area contributed by atoms with E-state index in [1.165, 1.54) is 44.2 Å². The number of hydrogen-bond acceptors (Lipinski definition) is 3. The molecule has 4 nitrogen and oxygen atoms in total. The lowest BCUT2D eigenvalue weighted by Gasteiger charge is -2.36. The summed E-state index contributed by atoms with van der Waals surface area (Å²) in [5.74, 6) is 1.16. The number of ether oxygens (including phenoxy) is 1. The lowest BCUT2D eigenvalue weighted by Crippen LogP contribution is -2.44. The molecule has 1 aliphatic heterocycles. The summed E-state index contributed by atoms with van der Waals surface area (Å²) in [6.45, 7) is 5.00. The molecule has 2 aromatic carbocycles. The van der Waals surface area contributed by atoms with Gasteiger partial charge < -0.3 is 15.0 Å². The second-order valence-electron chi connectivity index (χ2n) is 9.43. The van der Waals surface area contributed by atoms with Crippen molar-refractivity contribution in [2.45, 2.75) is 70.4 Å². The third-order valence-corrected chi connectivity index (χ3v) is 7.10. The molecular weight excluding hydrogens is 403 g/mol. The molecule has 1 N–H and O–H groups in total. The van der Waals surface area contributed by atoms with Crippen LogP contribution in [0.5, 0.6) is 5.75 Å². The normalized spacial score (nSPS) is 21.5. The highest BCUT2D eigenvalue weighted by atomic mass is 19.1. The van der Waals surface area contributed by atoms with Crippen molar-refractivity contribution in [3.05, 3.63) is 59.4 Å². The van der Waals surface area contributed by atoms with Crippen LogP contribution >= 0.6 is 0 Å². The first-order valence-electron chi connectivity index (χ1n) is 12.1. The largest absolute Gasteiger partial charge is 0.487 e. The number of benzene rings is 2. The van der Waals surface area contributed by atoms with Crippen LogP contribution < -0.4 is 10.1 Å². The van der Waals surface area contributed by atoms with Crippen molar-refractivity contribution >= 4 is 11.6 Å². The molecule has 1 aliphatic carbocycles. The van der Waals surface area contributed by atoms with E-state index in [1.54, 1.807) is 4.90 Å². The average molecular weight is 439 g/mol. The number of fused-ring (bicyclic) bond motifs is 1. The van der Waals surface area contributed by atoms with Crippen molar-refractivity contribution in [3.63, 3.8) is 0 Å². The van der Waals surface area contributed by atoms with Crippen molar-refractivity contribution in [2.24, 2.45) is 5.92 Å². The van der Waals surface area contributed by atoms with E-state index in [-0.39, 0.29) is 29.8 Å². The lowest BCUT2D eigenvalue weighted by atomic mass is 9.78. The summed E-state index contributed by atoms with van der Waals surface area (Å²) in [6.07, 6.45) is 7.01. The molecule has 0 aromatic heterocycles. The van der Waals surface area contributed by atoms with E-state index in [2.05, 4.69) is 19.2 Å². The first kappa shape index (κ1) is 22.6. The van der Waals surface area contributed by atoms with E-state index in [0.29, 0.717) is 17.2 Å². The van der Waals surface area contributed by atoms with Crippen LogP contribution in [-0.2, 0) is 0 Å². The molecule has 0 radical (unpaired) electrons. The smallest absolute Gasteiger partial charge is 0.253 e. The van der Waals surface area contributed by atoms with Gasteiger partial charge in [0.1, 0.15) is 17.7 Å². The maximum atomic E-state index is 13.8. The Kier molecular flexibility index (Phi) is 7.02. The summed E-state index contributed by atoms with van der Waals surface area (Å²) in [4.78, 5) is 14.3. The second kappa shape index (κ2) is 9.93. The Balaban J connectivity index is 1.54.